The van der Waals surface area contributed by atoms with Gasteiger partial charge in [0.25, 0.3) is 23.6 Å². The van der Waals surface area contributed by atoms with E-state index in [1.165, 1.54) is 0 Å². The van der Waals surface area contributed by atoms with Crippen molar-refractivity contribution in [3.05, 3.63) is 0 Å². The van der Waals surface area contributed by atoms with Gasteiger partial charge in [-0.3, -0.25) is 28.8 Å². The van der Waals surface area contributed by atoms with E-state index in [2.05, 4.69) is 9.68 Å². The standard InChI is InChI=1S/C12H12N2O8.C4H6O4/c15-7-1-2-8(16)13(7)21-11(19)5-6-12(20)22-14-9(17)3-4-10(14)18;5-3(6)1-2-4(7)8/h1-6H2;1-2H2,(H,5,6)(H,7,8). The molecule has 2 fully saturated rings. The summed E-state index contributed by atoms with van der Waals surface area (Å²) in [6, 6.07) is 0. The van der Waals surface area contributed by atoms with E-state index in [9.17, 15) is 38.4 Å². The highest BCUT2D eigenvalue weighted by atomic mass is 16.7. The normalized spacial score (nSPS) is 15.6. The van der Waals surface area contributed by atoms with Crippen LogP contribution in [-0.2, 0) is 48.0 Å². The minimum absolute atomic E-state index is 0.0344. The molecule has 0 aromatic carbocycles. The fourth-order valence-electron chi connectivity index (χ4n) is 2.03. The Labute approximate surface area is 168 Å². The molecule has 30 heavy (non-hydrogen) atoms. The molecule has 0 spiro atoms. The third-order valence-electron chi connectivity index (χ3n) is 3.48. The summed E-state index contributed by atoms with van der Waals surface area (Å²) in [7, 11) is 0. The first kappa shape index (κ1) is 24.2. The monoisotopic (exact) mass is 430 g/mol. The number of hydrogen-bond donors (Lipinski definition) is 2. The number of hydrogen-bond acceptors (Lipinski definition) is 10. The molecule has 2 aliphatic rings. The Morgan fingerprint density at radius 2 is 0.867 bits per heavy atom. The largest absolute Gasteiger partial charge is 0.481 e. The van der Waals surface area contributed by atoms with Crippen LogP contribution in [0.25, 0.3) is 0 Å². The van der Waals surface area contributed by atoms with Crippen LogP contribution in [0.2, 0.25) is 0 Å². The van der Waals surface area contributed by atoms with Crippen LogP contribution in [0.3, 0.4) is 0 Å². The molecule has 2 aliphatic heterocycles. The van der Waals surface area contributed by atoms with E-state index >= 15 is 0 Å². The lowest BCUT2D eigenvalue weighted by atomic mass is 10.3. The predicted molar refractivity (Wildman–Crippen MR) is 88.1 cm³/mol. The topological polar surface area (TPSA) is 202 Å². The van der Waals surface area contributed by atoms with Gasteiger partial charge in [-0.1, -0.05) is 0 Å². The maximum Gasteiger partial charge on any atom is 0.333 e. The molecule has 0 unspecified atom stereocenters. The third kappa shape index (κ3) is 8.04. The number of carboxylic acid groups (broad SMARTS) is 2. The van der Waals surface area contributed by atoms with Crippen molar-refractivity contribution < 1.29 is 58.2 Å². The third-order valence-corrected chi connectivity index (χ3v) is 3.48. The highest BCUT2D eigenvalue weighted by Gasteiger charge is 2.34. The number of imide groups is 2. The lowest BCUT2D eigenvalue weighted by molar-refractivity contribution is -0.201. The highest BCUT2D eigenvalue weighted by Crippen LogP contribution is 2.15. The molecule has 2 saturated heterocycles. The van der Waals surface area contributed by atoms with Gasteiger partial charge in [-0.15, -0.1) is 10.1 Å². The lowest BCUT2D eigenvalue weighted by Crippen LogP contribution is -2.33. The fraction of sp³-hybridized carbons (Fsp3) is 0.500. The first-order valence-corrected chi connectivity index (χ1v) is 8.58. The predicted octanol–water partition coefficient (Wildman–Crippen LogP) is -1.08. The Kier molecular flexibility index (Phi) is 9.06. The Morgan fingerprint density at radius 3 is 1.10 bits per heavy atom. The molecule has 164 valence electrons. The highest BCUT2D eigenvalue weighted by molar-refractivity contribution is 6.02. The van der Waals surface area contributed by atoms with Gasteiger partial charge in [0.2, 0.25) is 0 Å². The Morgan fingerprint density at radius 1 is 0.600 bits per heavy atom. The van der Waals surface area contributed by atoms with Crippen LogP contribution < -0.4 is 0 Å². The molecule has 2 heterocycles. The van der Waals surface area contributed by atoms with E-state index in [1.54, 1.807) is 0 Å². The van der Waals surface area contributed by atoms with Crippen molar-refractivity contribution in [3.8, 4) is 0 Å². The minimum Gasteiger partial charge on any atom is -0.481 e. The summed E-state index contributed by atoms with van der Waals surface area (Å²) in [5, 5.41) is 16.5. The van der Waals surface area contributed by atoms with Crippen LogP contribution >= 0.6 is 0 Å². The van der Waals surface area contributed by atoms with Crippen molar-refractivity contribution >= 4 is 47.5 Å². The summed E-state index contributed by atoms with van der Waals surface area (Å²) in [5.41, 5.74) is 0. The van der Waals surface area contributed by atoms with Gasteiger partial charge in [0.15, 0.2) is 0 Å². The van der Waals surface area contributed by atoms with Crippen LogP contribution in [-0.4, -0.2) is 67.8 Å². The van der Waals surface area contributed by atoms with Crippen LogP contribution in [0.4, 0.5) is 0 Å². The maximum atomic E-state index is 11.4. The number of nitrogens with zero attached hydrogens (tertiary/aromatic N) is 2. The van der Waals surface area contributed by atoms with Crippen molar-refractivity contribution in [2.45, 2.75) is 51.4 Å². The van der Waals surface area contributed by atoms with E-state index in [4.69, 9.17) is 10.2 Å². The molecule has 0 saturated carbocycles. The van der Waals surface area contributed by atoms with Gasteiger partial charge in [-0.05, 0) is 0 Å². The van der Waals surface area contributed by atoms with E-state index in [0.29, 0.717) is 10.1 Å². The first-order chi connectivity index (χ1) is 14.0. The Bertz CT molecular complexity index is 678. The SMILES string of the molecule is O=C(CCC(=O)ON1C(=O)CCC1=O)ON1C(=O)CCC1=O.O=C(O)CCC(=O)O. The Balaban J connectivity index is 0.000000479. The summed E-state index contributed by atoms with van der Waals surface area (Å²) in [5.74, 6) is -6.62. The van der Waals surface area contributed by atoms with Crippen LogP contribution in [0.15, 0.2) is 0 Å². The zero-order valence-corrected chi connectivity index (χ0v) is 15.5. The van der Waals surface area contributed by atoms with E-state index in [0.717, 1.165) is 0 Å². The second-order valence-electron chi connectivity index (χ2n) is 5.88. The van der Waals surface area contributed by atoms with Crippen molar-refractivity contribution in [1.29, 1.82) is 0 Å². The number of carboxylic acids is 2. The molecule has 14 nitrogen and oxygen atoms in total. The molecule has 2 N–H and O–H groups in total. The zero-order chi connectivity index (χ0) is 22.8. The molecule has 0 atom stereocenters. The smallest absolute Gasteiger partial charge is 0.333 e. The zero-order valence-electron chi connectivity index (χ0n) is 15.5. The van der Waals surface area contributed by atoms with Crippen molar-refractivity contribution in [2.24, 2.45) is 0 Å². The van der Waals surface area contributed by atoms with Crippen molar-refractivity contribution in [1.82, 2.24) is 10.1 Å². The van der Waals surface area contributed by atoms with Crippen LogP contribution in [0.5, 0.6) is 0 Å². The number of aliphatic carboxylic acids is 2. The van der Waals surface area contributed by atoms with Gasteiger partial charge < -0.3 is 19.9 Å². The fourth-order valence-corrected chi connectivity index (χ4v) is 2.03. The molecule has 0 radical (unpaired) electrons. The second-order valence-corrected chi connectivity index (χ2v) is 5.88. The van der Waals surface area contributed by atoms with E-state index in [1.807, 2.05) is 0 Å². The van der Waals surface area contributed by atoms with Crippen LogP contribution in [0, 0.1) is 0 Å². The minimum atomic E-state index is -1.08. The quantitative estimate of drug-likeness (QED) is 0.441. The summed E-state index contributed by atoms with van der Waals surface area (Å²) in [4.78, 5) is 96.1. The molecule has 0 aliphatic carbocycles. The Hall–Kier alpha value is -3.84. The van der Waals surface area contributed by atoms with Crippen molar-refractivity contribution in [3.63, 3.8) is 0 Å². The number of carbonyl (C=O) groups excluding carboxylic acids is 6. The number of amides is 4. The van der Waals surface area contributed by atoms with Gasteiger partial charge in [0, 0.05) is 25.7 Å². The number of rotatable bonds is 8. The lowest BCUT2D eigenvalue weighted by Gasteiger charge is -2.13. The van der Waals surface area contributed by atoms with Gasteiger partial charge in [-0.2, -0.15) is 0 Å². The summed E-state index contributed by atoms with van der Waals surface area (Å²) < 4.78 is 0. The molecule has 14 heteroatoms. The van der Waals surface area contributed by atoms with E-state index < -0.39 is 60.3 Å². The van der Waals surface area contributed by atoms with Crippen LogP contribution in [0.1, 0.15) is 51.4 Å². The van der Waals surface area contributed by atoms with Gasteiger partial charge >= 0.3 is 23.9 Å². The van der Waals surface area contributed by atoms with Crippen molar-refractivity contribution in [2.75, 3.05) is 0 Å². The molecule has 0 aromatic rings. The molecule has 0 aromatic heterocycles. The average molecular weight is 430 g/mol. The first-order valence-electron chi connectivity index (χ1n) is 8.58. The molecule has 4 amide bonds. The number of hydroxylamine groups is 4. The summed E-state index contributed by atoms with van der Waals surface area (Å²) in [6.07, 6.45) is -1.66. The molecule has 0 bridgehead atoms. The van der Waals surface area contributed by atoms with Gasteiger partial charge in [0.1, 0.15) is 0 Å². The van der Waals surface area contributed by atoms with E-state index in [-0.39, 0.29) is 38.5 Å². The summed E-state index contributed by atoms with van der Waals surface area (Å²) in [6.45, 7) is 0. The number of carbonyl (C=O) groups is 8. The average Bonchev–Trinajstić information content (AvgIpc) is 3.15. The molecular formula is C16H18N2O12. The van der Waals surface area contributed by atoms with Gasteiger partial charge in [-0.25, -0.2) is 9.59 Å². The molecular weight excluding hydrogens is 412 g/mol. The maximum absolute atomic E-state index is 11.4. The van der Waals surface area contributed by atoms with Gasteiger partial charge in [0.05, 0.1) is 25.7 Å². The molecule has 2 rings (SSSR count). The summed E-state index contributed by atoms with van der Waals surface area (Å²) >= 11 is 0. The second kappa shape index (κ2) is 11.2.